The number of aliphatic hydroxyl groups is 1. The number of amides is 1. The number of carbonyl (C=O) groups is 1. The maximum Gasteiger partial charge on any atom is 0.223 e. The third-order valence-corrected chi connectivity index (χ3v) is 1.92. The average molecular weight is 238 g/mol. The van der Waals surface area contributed by atoms with Crippen molar-refractivity contribution in [3.05, 3.63) is 0 Å². The van der Waals surface area contributed by atoms with Crippen molar-refractivity contribution in [2.75, 3.05) is 25.0 Å². The van der Waals surface area contributed by atoms with Crippen LogP contribution in [-0.4, -0.2) is 40.9 Å². The minimum absolute atomic E-state index is 0.0496. The summed E-state index contributed by atoms with van der Waals surface area (Å²) in [6, 6.07) is 0. The lowest BCUT2D eigenvalue weighted by atomic mass is 10.3. The lowest BCUT2D eigenvalue weighted by Crippen LogP contribution is -2.34. The molecule has 0 fully saturated rings. The van der Waals surface area contributed by atoms with E-state index in [2.05, 4.69) is 15.9 Å². The molecule has 1 amide bonds. The predicted molar refractivity (Wildman–Crippen MR) is 52.4 cm³/mol. The van der Waals surface area contributed by atoms with Crippen molar-refractivity contribution in [2.45, 2.75) is 19.8 Å². The molecule has 0 aliphatic rings. The van der Waals surface area contributed by atoms with Crippen LogP contribution in [0.25, 0.3) is 0 Å². The Bertz CT molecular complexity index is 124. The van der Waals surface area contributed by atoms with Crippen molar-refractivity contribution >= 4 is 21.8 Å². The Labute approximate surface area is 81.9 Å². The fourth-order valence-corrected chi connectivity index (χ4v) is 1.33. The summed E-state index contributed by atoms with van der Waals surface area (Å²) in [5.41, 5.74) is 0. The Morgan fingerprint density at radius 3 is 2.58 bits per heavy atom. The summed E-state index contributed by atoms with van der Waals surface area (Å²) in [5.74, 6) is 0.114. The standard InChI is InChI=1S/C8H16BrNO2/c1-2-5-10(6-7-11)8(12)3-4-9/h11H,2-7H2,1H3. The van der Waals surface area contributed by atoms with Crippen molar-refractivity contribution in [1.29, 1.82) is 0 Å². The molecule has 12 heavy (non-hydrogen) atoms. The number of halogens is 1. The minimum atomic E-state index is 0.0496. The molecule has 72 valence electrons. The van der Waals surface area contributed by atoms with Crippen LogP contribution in [0, 0.1) is 0 Å². The van der Waals surface area contributed by atoms with Gasteiger partial charge in [0.2, 0.25) is 5.91 Å². The number of carbonyl (C=O) groups excluding carboxylic acids is 1. The van der Waals surface area contributed by atoms with E-state index in [4.69, 9.17) is 5.11 Å². The first-order valence-electron chi connectivity index (χ1n) is 4.20. The lowest BCUT2D eigenvalue weighted by molar-refractivity contribution is -0.131. The molecule has 0 aromatic heterocycles. The van der Waals surface area contributed by atoms with Crippen molar-refractivity contribution in [3.8, 4) is 0 Å². The molecule has 0 aromatic rings. The molecular formula is C8H16BrNO2. The van der Waals surface area contributed by atoms with Gasteiger partial charge in [0.05, 0.1) is 6.61 Å². The number of nitrogens with zero attached hydrogens (tertiary/aromatic N) is 1. The van der Waals surface area contributed by atoms with Gasteiger partial charge in [-0.3, -0.25) is 4.79 Å². The SMILES string of the molecule is CCCN(CCO)C(=O)CCBr. The van der Waals surface area contributed by atoms with Crippen LogP contribution in [0.2, 0.25) is 0 Å². The quantitative estimate of drug-likeness (QED) is 0.701. The normalized spacial score (nSPS) is 9.92. The Morgan fingerprint density at radius 2 is 2.17 bits per heavy atom. The molecule has 0 rings (SSSR count). The smallest absolute Gasteiger partial charge is 0.223 e. The zero-order chi connectivity index (χ0) is 9.40. The van der Waals surface area contributed by atoms with Gasteiger partial charge in [-0.25, -0.2) is 0 Å². The Hall–Kier alpha value is -0.0900. The van der Waals surface area contributed by atoms with E-state index in [0.717, 1.165) is 13.0 Å². The van der Waals surface area contributed by atoms with Crippen molar-refractivity contribution in [1.82, 2.24) is 4.90 Å². The zero-order valence-corrected chi connectivity index (χ0v) is 9.01. The zero-order valence-electron chi connectivity index (χ0n) is 7.42. The molecular weight excluding hydrogens is 222 g/mol. The van der Waals surface area contributed by atoms with E-state index in [1.54, 1.807) is 4.90 Å². The maximum atomic E-state index is 11.3. The number of hydrogen-bond donors (Lipinski definition) is 1. The summed E-state index contributed by atoms with van der Waals surface area (Å²) in [6.07, 6.45) is 1.45. The van der Waals surface area contributed by atoms with Gasteiger partial charge in [-0.15, -0.1) is 0 Å². The van der Waals surface area contributed by atoms with Crippen molar-refractivity contribution < 1.29 is 9.90 Å². The summed E-state index contributed by atoms with van der Waals surface area (Å²) < 4.78 is 0. The average Bonchev–Trinajstić information content (AvgIpc) is 2.04. The van der Waals surface area contributed by atoms with Gasteiger partial charge in [-0.2, -0.15) is 0 Å². The Morgan fingerprint density at radius 1 is 1.50 bits per heavy atom. The van der Waals surface area contributed by atoms with Gasteiger partial charge in [0.25, 0.3) is 0 Å². The van der Waals surface area contributed by atoms with Crippen LogP contribution in [-0.2, 0) is 4.79 Å². The van der Waals surface area contributed by atoms with Crippen molar-refractivity contribution in [2.24, 2.45) is 0 Å². The molecule has 4 heteroatoms. The highest BCUT2D eigenvalue weighted by Gasteiger charge is 2.09. The molecule has 1 N–H and O–H groups in total. The highest BCUT2D eigenvalue weighted by atomic mass is 79.9. The summed E-state index contributed by atoms with van der Waals surface area (Å²) >= 11 is 3.21. The minimum Gasteiger partial charge on any atom is -0.395 e. The summed E-state index contributed by atoms with van der Waals surface area (Å²) in [6.45, 7) is 3.27. The van der Waals surface area contributed by atoms with Crippen LogP contribution in [0.15, 0.2) is 0 Å². The third-order valence-electron chi connectivity index (χ3n) is 1.52. The number of rotatable bonds is 6. The molecule has 0 saturated heterocycles. The van der Waals surface area contributed by atoms with Crippen LogP contribution in [0.5, 0.6) is 0 Å². The molecule has 0 radical (unpaired) electrons. The van der Waals surface area contributed by atoms with Gasteiger partial charge in [0, 0.05) is 24.8 Å². The molecule has 0 saturated carbocycles. The van der Waals surface area contributed by atoms with E-state index < -0.39 is 0 Å². The van der Waals surface area contributed by atoms with Gasteiger partial charge >= 0.3 is 0 Å². The first-order valence-corrected chi connectivity index (χ1v) is 5.33. The molecule has 0 aromatic carbocycles. The van der Waals surface area contributed by atoms with Gasteiger partial charge in [-0.1, -0.05) is 22.9 Å². The second-order valence-electron chi connectivity index (χ2n) is 2.54. The lowest BCUT2D eigenvalue weighted by Gasteiger charge is -2.20. The van der Waals surface area contributed by atoms with E-state index in [1.165, 1.54) is 0 Å². The van der Waals surface area contributed by atoms with E-state index in [0.29, 0.717) is 18.3 Å². The van der Waals surface area contributed by atoms with E-state index in [1.807, 2.05) is 6.92 Å². The van der Waals surface area contributed by atoms with Gasteiger partial charge in [0.1, 0.15) is 0 Å². The Balaban J connectivity index is 3.81. The molecule has 0 aliphatic carbocycles. The fourth-order valence-electron chi connectivity index (χ4n) is 0.991. The second kappa shape index (κ2) is 7.55. The number of alkyl halides is 1. The van der Waals surface area contributed by atoms with Gasteiger partial charge in [-0.05, 0) is 6.42 Å². The molecule has 0 aliphatic heterocycles. The number of aliphatic hydroxyl groups excluding tert-OH is 1. The number of hydrogen-bond acceptors (Lipinski definition) is 2. The first-order chi connectivity index (χ1) is 5.76. The highest BCUT2D eigenvalue weighted by molar-refractivity contribution is 9.09. The van der Waals surface area contributed by atoms with Crippen LogP contribution in [0.3, 0.4) is 0 Å². The monoisotopic (exact) mass is 237 g/mol. The summed E-state index contributed by atoms with van der Waals surface area (Å²) in [5, 5.41) is 9.37. The van der Waals surface area contributed by atoms with Crippen molar-refractivity contribution in [3.63, 3.8) is 0 Å². The van der Waals surface area contributed by atoms with Gasteiger partial charge < -0.3 is 10.0 Å². The molecule has 3 nitrogen and oxygen atoms in total. The first kappa shape index (κ1) is 11.9. The molecule has 0 spiro atoms. The topological polar surface area (TPSA) is 40.5 Å². The molecule has 0 heterocycles. The van der Waals surface area contributed by atoms with Crippen LogP contribution in [0.1, 0.15) is 19.8 Å². The second-order valence-corrected chi connectivity index (χ2v) is 3.34. The van der Waals surface area contributed by atoms with E-state index in [-0.39, 0.29) is 12.5 Å². The van der Waals surface area contributed by atoms with Crippen LogP contribution >= 0.6 is 15.9 Å². The van der Waals surface area contributed by atoms with Crippen LogP contribution in [0.4, 0.5) is 0 Å². The fraction of sp³-hybridized carbons (Fsp3) is 0.875. The third kappa shape index (κ3) is 4.72. The summed E-state index contributed by atoms with van der Waals surface area (Å²) in [7, 11) is 0. The van der Waals surface area contributed by atoms with Gasteiger partial charge in [0.15, 0.2) is 0 Å². The highest BCUT2D eigenvalue weighted by Crippen LogP contribution is 1.98. The van der Waals surface area contributed by atoms with E-state index >= 15 is 0 Å². The van der Waals surface area contributed by atoms with E-state index in [9.17, 15) is 4.79 Å². The molecule has 0 atom stereocenters. The largest absolute Gasteiger partial charge is 0.395 e. The summed E-state index contributed by atoms with van der Waals surface area (Å²) in [4.78, 5) is 13.0. The Kier molecular flexibility index (Phi) is 7.50. The molecule has 0 bridgehead atoms. The maximum absolute atomic E-state index is 11.3. The van der Waals surface area contributed by atoms with Crippen LogP contribution < -0.4 is 0 Å². The predicted octanol–water partition coefficient (Wildman–Crippen LogP) is 1.00. The molecule has 0 unspecified atom stereocenters.